The minimum absolute atomic E-state index is 0.0281. The van der Waals surface area contributed by atoms with Crippen molar-refractivity contribution < 1.29 is 19.4 Å². The molecule has 0 atom stereocenters. The number of hydrogen-bond acceptors (Lipinski definition) is 5. The summed E-state index contributed by atoms with van der Waals surface area (Å²) in [6, 6.07) is 9.36. The van der Waals surface area contributed by atoms with Gasteiger partial charge in [-0.2, -0.15) is 0 Å². The number of methoxy groups -OCH3 is 2. The molecule has 0 spiro atoms. The fourth-order valence-corrected chi connectivity index (χ4v) is 1.92. The standard InChI is InChI=1S/C15H16N2O4/c1-20-12-4-3-5-13(21-2)14(12)15(19)17-11-7-6-9(18)8-10(11)16/h3-8,18H,16H2,1-2H3,(H,17,19). The van der Waals surface area contributed by atoms with Gasteiger partial charge in [-0.05, 0) is 24.3 Å². The molecule has 110 valence electrons. The SMILES string of the molecule is COc1cccc(OC)c1C(=O)Nc1ccc(O)cc1N. The van der Waals surface area contributed by atoms with Gasteiger partial charge in [0.15, 0.2) is 0 Å². The Bertz CT molecular complexity index is 648. The zero-order valence-electron chi connectivity index (χ0n) is 11.7. The third-order valence-electron chi connectivity index (χ3n) is 2.94. The first kappa shape index (κ1) is 14.5. The molecule has 0 aliphatic rings. The summed E-state index contributed by atoms with van der Waals surface area (Å²) in [5, 5.41) is 12.0. The number of carbonyl (C=O) groups is 1. The van der Waals surface area contributed by atoms with Gasteiger partial charge < -0.3 is 25.6 Å². The van der Waals surface area contributed by atoms with Crippen LogP contribution in [0.1, 0.15) is 10.4 Å². The van der Waals surface area contributed by atoms with Crippen molar-refractivity contribution in [1.82, 2.24) is 0 Å². The largest absolute Gasteiger partial charge is 0.508 e. The van der Waals surface area contributed by atoms with Crippen molar-refractivity contribution in [2.45, 2.75) is 0 Å². The van der Waals surface area contributed by atoms with Crippen molar-refractivity contribution in [2.24, 2.45) is 0 Å². The molecule has 1 amide bonds. The molecule has 2 aromatic rings. The predicted molar refractivity (Wildman–Crippen MR) is 80.0 cm³/mol. The lowest BCUT2D eigenvalue weighted by atomic mass is 10.1. The van der Waals surface area contributed by atoms with E-state index in [1.807, 2.05) is 0 Å². The first-order valence-electron chi connectivity index (χ1n) is 6.17. The van der Waals surface area contributed by atoms with E-state index in [1.54, 1.807) is 18.2 Å². The van der Waals surface area contributed by atoms with Crippen LogP contribution in [0, 0.1) is 0 Å². The summed E-state index contributed by atoms with van der Waals surface area (Å²) in [6.45, 7) is 0. The predicted octanol–water partition coefficient (Wildman–Crippen LogP) is 2.24. The lowest BCUT2D eigenvalue weighted by molar-refractivity contribution is 0.102. The highest BCUT2D eigenvalue weighted by atomic mass is 16.5. The summed E-state index contributed by atoms with van der Waals surface area (Å²) >= 11 is 0. The van der Waals surface area contributed by atoms with Gasteiger partial charge in [0.25, 0.3) is 5.91 Å². The molecule has 0 saturated carbocycles. The van der Waals surface area contributed by atoms with E-state index in [4.69, 9.17) is 15.2 Å². The van der Waals surface area contributed by atoms with E-state index >= 15 is 0 Å². The molecule has 0 aliphatic heterocycles. The molecule has 0 bridgehead atoms. The van der Waals surface area contributed by atoms with Crippen LogP contribution < -0.4 is 20.5 Å². The van der Waals surface area contributed by atoms with Gasteiger partial charge in [0.2, 0.25) is 0 Å². The van der Waals surface area contributed by atoms with Gasteiger partial charge in [0, 0.05) is 6.07 Å². The summed E-state index contributed by atoms with van der Waals surface area (Å²) in [7, 11) is 2.95. The Morgan fingerprint density at radius 1 is 1.14 bits per heavy atom. The number of amides is 1. The van der Waals surface area contributed by atoms with Gasteiger partial charge in [0.05, 0.1) is 25.6 Å². The minimum atomic E-state index is -0.415. The maximum absolute atomic E-state index is 12.4. The van der Waals surface area contributed by atoms with Crippen molar-refractivity contribution in [2.75, 3.05) is 25.3 Å². The Hall–Kier alpha value is -2.89. The number of benzene rings is 2. The summed E-state index contributed by atoms with van der Waals surface area (Å²) in [5.74, 6) is 0.399. The van der Waals surface area contributed by atoms with Crippen LogP contribution >= 0.6 is 0 Å². The van der Waals surface area contributed by atoms with Gasteiger partial charge in [0.1, 0.15) is 22.8 Å². The monoisotopic (exact) mass is 288 g/mol. The quantitative estimate of drug-likeness (QED) is 0.592. The molecule has 21 heavy (non-hydrogen) atoms. The molecule has 0 radical (unpaired) electrons. The number of ether oxygens (including phenoxy) is 2. The molecule has 0 aromatic heterocycles. The third-order valence-corrected chi connectivity index (χ3v) is 2.94. The maximum Gasteiger partial charge on any atom is 0.263 e. The molecule has 6 nitrogen and oxygen atoms in total. The van der Waals surface area contributed by atoms with Crippen molar-refractivity contribution in [3.05, 3.63) is 42.0 Å². The highest BCUT2D eigenvalue weighted by molar-refractivity contribution is 6.09. The molecule has 0 heterocycles. The average Bonchev–Trinajstić information content (AvgIpc) is 2.49. The average molecular weight is 288 g/mol. The third kappa shape index (κ3) is 3.00. The summed E-state index contributed by atoms with van der Waals surface area (Å²) in [5.41, 5.74) is 6.68. The first-order chi connectivity index (χ1) is 10.1. The second kappa shape index (κ2) is 6.04. The van der Waals surface area contributed by atoms with Crippen LogP contribution in [0.25, 0.3) is 0 Å². The second-order valence-electron chi connectivity index (χ2n) is 4.26. The fourth-order valence-electron chi connectivity index (χ4n) is 1.92. The van der Waals surface area contributed by atoms with Gasteiger partial charge in [-0.25, -0.2) is 0 Å². The molecule has 2 rings (SSSR count). The van der Waals surface area contributed by atoms with Crippen molar-refractivity contribution in [1.29, 1.82) is 0 Å². The molecule has 2 aromatic carbocycles. The van der Waals surface area contributed by atoms with E-state index in [1.165, 1.54) is 32.4 Å². The van der Waals surface area contributed by atoms with Crippen LogP contribution in [0.15, 0.2) is 36.4 Å². The summed E-state index contributed by atoms with van der Waals surface area (Å²) in [6.07, 6.45) is 0. The van der Waals surface area contributed by atoms with Crippen LogP contribution in [0.4, 0.5) is 11.4 Å². The summed E-state index contributed by atoms with van der Waals surface area (Å²) < 4.78 is 10.4. The van der Waals surface area contributed by atoms with Gasteiger partial charge >= 0.3 is 0 Å². The number of phenolic OH excluding ortho intramolecular Hbond substituents is 1. The van der Waals surface area contributed by atoms with E-state index in [-0.39, 0.29) is 17.0 Å². The molecule has 0 unspecified atom stereocenters. The molecule has 0 aliphatic carbocycles. The van der Waals surface area contributed by atoms with Crippen LogP contribution in [0.3, 0.4) is 0 Å². The lowest BCUT2D eigenvalue weighted by Gasteiger charge is -2.14. The minimum Gasteiger partial charge on any atom is -0.508 e. The van der Waals surface area contributed by atoms with E-state index in [0.29, 0.717) is 17.2 Å². The highest BCUT2D eigenvalue weighted by Gasteiger charge is 2.19. The molecule has 4 N–H and O–H groups in total. The molecule has 6 heteroatoms. The molecule has 0 saturated heterocycles. The van der Waals surface area contributed by atoms with Crippen LogP contribution in [0.5, 0.6) is 17.2 Å². The Morgan fingerprint density at radius 2 is 1.76 bits per heavy atom. The number of carbonyl (C=O) groups excluding carboxylic acids is 1. The number of hydrogen-bond donors (Lipinski definition) is 3. The van der Waals surface area contributed by atoms with Crippen molar-refractivity contribution >= 4 is 17.3 Å². The normalized spacial score (nSPS) is 10.0. The lowest BCUT2D eigenvalue weighted by Crippen LogP contribution is -2.15. The van der Waals surface area contributed by atoms with E-state index in [9.17, 15) is 9.90 Å². The van der Waals surface area contributed by atoms with Gasteiger partial charge in [-0.3, -0.25) is 4.79 Å². The number of aromatic hydroxyl groups is 1. The Labute approximate surface area is 122 Å². The Kier molecular flexibility index (Phi) is 4.18. The zero-order valence-corrected chi connectivity index (χ0v) is 11.7. The number of phenols is 1. The van der Waals surface area contributed by atoms with Crippen LogP contribution in [-0.4, -0.2) is 25.2 Å². The molecule has 0 fully saturated rings. The van der Waals surface area contributed by atoms with Gasteiger partial charge in [-0.15, -0.1) is 0 Å². The van der Waals surface area contributed by atoms with Gasteiger partial charge in [-0.1, -0.05) is 6.07 Å². The number of anilines is 2. The van der Waals surface area contributed by atoms with E-state index < -0.39 is 5.91 Å². The number of nitrogen functional groups attached to an aromatic ring is 1. The van der Waals surface area contributed by atoms with Crippen LogP contribution in [-0.2, 0) is 0 Å². The number of rotatable bonds is 4. The fraction of sp³-hybridized carbons (Fsp3) is 0.133. The highest BCUT2D eigenvalue weighted by Crippen LogP contribution is 2.30. The first-order valence-corrected chi connectivity index (χ1v) is 6.17. The number of nitrogens with two attached hydrogens (primary N) is 1. The van der Waals surface area contributed by atoms with E-state index in [2.05, 4.69) is 5.32 Å². The van der Waals surface area contributed by atoms with Crippen molar-refractivity contribution in [3.63, 3.8) is 0 Å². The Morgan fingerprint density at radius 3 is 2.29 bits per heavy atom. The Balaban J connectivity index is 2.36. The molecular formula is C15H16N2O4. The smallest absolute Gasteiger partial charge is 0.263 e. The number of nitrogens with one attached hydrogen (secondary N) is 1. The topological polar surface area (TPSA) is 93.8 Å². The summed E-state index contributed by atoms with van der Waals surface area (Å²) in [4.78, 5) is 12.4. The maximum atomic E-state index is 12.4. The van der Waals surface area contributed by atoms with Crippen molar-refractivity contribution in [3.8, 4) is 17.2 Å². The zero-order chi connectivity index (χ0) is 15.4. The second-order valence-corrected chi connectivity index (χ2v) is 4.26. The van der Waals surface area contributed by atoms with E-state index in [0.717, 1.165) is 0 Å². The molecular weight excluding hydrogens is 272 g/mol. The van der Waals surface area contributed by atoms with Crippen LogP contribution in [0.2, 0.25) is 0 Å².